The van der Waals surface area contributed by atoms with Gasteiger partial charge >= 0.3 is 0 Å². The van der Waals surface area contributed by atoms with E-state index in [1.165, 1.54) is 11.8 Å². The quantitative estimate of drug-likeness (QED) is 0.731. The first-order chi connectivity index (χ1) is 5.68. The molecule has 1 aromatic rings. The van der Waals surface area contributed by atoms with Crippen LogP contribution in [-0.4, -0.2) is 21.9 Å². The Bertz CT molecular complexity index is 235. The molecule has 0 aliphatic heterocycles. The van der Waals surface area contributed by atoms with E-state index in [2.05, 4.69) is 4.98 Å². The molecule has 0 aliphatic rings. The van der Waals surface area contributed by atoms with Crippen molar-refractivity contribution < 1.29 is 9.52 Å². The van der Waals surface area contributed by atoms with Gasteiger partial charge in [-0.05, 0) is 20.3 Å². The van der Waals surface area contributed by atoms with E-state index >= 15 is 0 Å². The minimum Gasteiger partial charge on any atom is -0.440 e. The molecule has 0 spiro atoms. The molecule has 0 radical (unpaired) electrons. The second-order valence-electron chi connectivity index (χ2n) is 2.74. The highest BCUT2D eigenvalue weighted by atomic mass is 32.2. The van der Waals surface area contributed by atoms with Crippen molar-refractivity contribution in [2.45, 2.75) is 31.6 Å². The Morgan fingerprint density at radius 3 is 3.00 bits per heavy atom. The first kappa shape index (κ1) is 9.61. The third kappa shape index (κ3) is 3.28. The van der Waals surface area contributed by atoms with Gasteiger partial charge in [-0.15, -0.1) is 0 Å². The number of aliphatic hydroxyl groups excluding tert-OH is 1. The van der Waals surface area contributed by atoms with Gasteiger partial charge in [0, 0.05) is 5.75 Å². The van der Waals surface area contributed by atoms with Crippen LogP contribution in [-0.2, 0) is 0 Å². The van der Waals surface area contributed by atoms with Crippen LogP contribution in [0.2, 0.25) is 0 Å². The van der Waals surface area contributed by atoms with E-state index in [0.29, 0.717) is 5.22 Å². The van der Waals surface area contributed by atoms with Gasteiger partial charge in [0.15, 0.2) is 0 Å². The van der Waals surface area contributed by atoms with Gasteiger partial charge in [0.25, 0.3) is 5.22 Å². The monoisotopic (exact) mass is 187 g/mol. The summed E-state index contributed by atoms with van der Waals surface area (Å²) in [6.07, 6.45) is 2.16. The molecule has 4 heteroatoms. The minimum absolute atomic E-state index is 0.242. The Morgan fingerprint density at radius 2 is 2.50 bits per heavy atom. The van der Waals surface area contributed by atoms with Gasteiger partial charge in [0.1, 0.15) is 6.26 Å². The van der Waals surface area contributed by atoms with E-state index < -0.39 is 0 Å². The summed E-state index contributed by atoms with van der Waals surface area (Å²) in [5, 5.41) is 9.66. The first-order valence-electron chi connectivity index (χ1n) is 3.91. The third-order valence-corrected chi connectivity index (χ3v) is 2.23. The number of hydrogen-bond acceptors (Lipinski definition) is 4. The number of aryl methyl sites for hydroxylation is 1. The third-order valence-electron chi connectivity index (χ3n) is 1.36. The lowest BCUT2D eigenvalue weighted by Crippen LogP contribution is -2.00. The number of aromatic nitrogens is 1. The summed E-state index contributed by atoms with van der Waals surface area (Å²) in [6, 6.07) is 0. The van der Waals surface area contributed by atoms with Crippen LogP contribution in [0.25, 0.3) is 0 Å². The molecule has 1 unspecified atom stereocenters. The second-order valence-corrected chi connectivity index (χ2v) is 3.79. The lowest BCUT2D eigenvalue weighted by Gasteiger charge is -1.99. The highest BCUT2D eigenvalue weighted by molar-refractivity contribution is 7.99. The maximum atomic E-state index is 8.97. The van der Waals surface area contributed by atoms with Gasteiger partial charge < -0.3 is 9.52 Å². The zero-order valence-corrected chi connectivity index (χ0v) is 8.10. The number of thioether (sulfide) groups is 1. The molecule has 0 bridgehead atoms. The summed E-state index contributed by atoms with van der Waals surface area (Å²) in [5.74, 6) is 0.845. The fraction of sp³-hybridized carbons (Fsp3) is 0.625. The first-order valence-corrected chi connectivity index (χ1v) is 4.90. The fourth-order valence-corrected chi connectivity index (χ4v) is 1.67. The molecule has 0 aromatic carbocycles. The van der Waals surface area contributed by atoms with Crippen LogP contribution in [0, 0.1) is 6.92 Å². The summed E-state index contributed by atoms with van der Waals surface area (Å²) in [6.45, 7) is 3.67. The molecule has 1 aromatic heterocycles. The molecule has 0 amide bonds. The van der Waals surface area contributed by atoms with E-state index in [1.807, 2.05) is 6.92 Å². The van der Waals surface area contributed by atoms with Crippen LogP contribution in [0.4, 0.5) is 0 Å². The maximum absolute atomic E-state index is 8.97. The van der Waals surface area contributed by atoms with Gasteiger partial charge in [-0.3, -0.25) is 0 Å². The van der Waals surface area contributed by atoms with Crippen LogP contribution in [0.5, 0.6) is 0 Å². The lowest BCUT2D eigenvalue weighted by molar-refractivity contribution is 0.192. The molecule has 0 saturated carbocycles. The molecule has 68 valence electrons. The Morgan fingerprint density at radius 1 is 1.75 bits per heavy atom. The van der Waals surface area contributed by atoms with Crippen LogP contribution in [0.1, 0.15) is 19.0 Å². The van der Waals surface area contributed by atoms with Crippen molar-refractivity contribution in [2.24, 2.45) is 0 Å². The Balaban J connectivity index is 2.24. The number of nitrogens with zero attached hydrogens (tertiary/aromatic N) is 1. The van der Waals surface area contributed by atoms with E-state index in [1.54, 1.807) is 13.2 Å². The summed E-state index contributed by atoms with van der Waals surface area (Å²) in [4.78, 5) is 4.12. The number of hydrogen-bond donors (Lipinski definition) is 1. The van der Waals surface area contributed by atoms with Crippen LogP contribution in [0.3, 0.4) is 0 Å². The van der Waals surface area contributed by atoms with Crippen LogP contribution in [0.15, 0.2) is 15.9 Å². The topological polar surface area (TPSA) is 46.3 Å². The van der Waals surface area contributed by atoms with Crippen molar-refractivity contribution in [1.29, 1.82) is 0 Å². The zero-order chi connectivity index (χ0) is 8.97. The van der Waals surface area contributed by atoms with E-state index in [4.69, 9.17) is 9.52 Å². The van der Waals surface area contributed by atoms with Crippen molar-refractivity contribution in [3.05, 3.63) is 12.0 Å². The molecular formula is C8H13NO2S. The summed E-state index contributed by atoms with van der Waals surface area (Å²) < 4.78 is 5.12. The zero-order valence-electron chi connectivity index (χ0n) is 7.28. The molecule has 1 atom stereocenters. The Labute approximate surface area is 76.2 Å². The highest BCUT2D eigenvalue weighted by Crippen LogP contribution is 2.17. The average Bonchev–Trinajstić information content (AvgIpc) is 2.35. The van der Waals surface area contributed by atoms with Gasteiger partial charge in [-0.2, -0.15) is 0 Å². The molecule has 1 heterocycles. The normalized spacial score (nSPS) is 13.2. The molecule has 1 rings (SSSR count). The molecule has 1 N–H and O–H groups in total. The molecule has 0 aliphatic carbocycles. The summed E-state index contributed by atoms with van der Waals surface area (Å²) in [5.41, 5.74) is 0.898. The molecular weight excluding hydrogens is 174 g/mol. The van der Waals surface area contributed by atoms with Gasteiger partial charge in [-0.1, -0.05) is 11.8 Å². The van der Waals surface area contributed by atoms with E-state index in [-0.39, 0.29) is 6.10 Å². The predicted octanol–water partition coefficient (Wildman–Crippen LogP) is 1.85. The predicted molar refractivity (Wildman–Crippen MR) is 48.3 cm³/mol. The maximum Gasteiger partial charge on any atom is 0.255 e. The number of rotatable bonds is 4. The van der Waals surface area contributed by atoms with E-state index in [0.717, 1.165) is 17.9 Å². The van der Waals surface area contributed by atoms with Gasteiger partial charge in [0.05, 0.1) is 11.8 Å². The molecule has 0 saturated heterocycles. The summed E-state index contributed by atoms with van der Waals surface area (Å²) in [7, 11) is 0. The van der Waals surface area contributed by atoms with Crippen molar-refractivity contribution in [2.75, 3.05) is 5.75 Å². The lowest BCUT2D eigenvalue weighted by atomic mass is 10.3. The molecule has 3 nitrogen and oxygen atoms in total. The SMILES string of the molecule is Cc1coc(SCCC(C)O)n1. The number of aliphatic hydroxyl groups is 1. The standard InChI is InChI=1S/C8H13NO2S/c1-6-5-11-8(9-6)12-4-3-7(2)10/h5,7,10H,3-4H2,1-2H3. The van der Waals surface area contributed by atoms with Crippen molar-refractivity contribution >= 4 is 11.8 Å². The molecule has 0 fully saturated rings. The molecule has 12 heavy (non-hydrogen) atoms. The average molecular weight is 187 g/mol. The second kappa shape index (κ2) is 4.52. The number of oxazole rings is 1. The smallest absolute Gasteiger partial charge is 0.255 e. The van der Waals surface area contributed by atoms with Crippen LogP contribution < -0.4 is 0 Å². The highest BCUT2D eigenvalue weighted by Gasteiger charge is 2.02. The van der Waals surface area contributed by atoms with Crippen molar-refractivity contribution in [3.8, 4) is 0 Å². The van der Waals surface area contributed by atoms with Gasteiger partial charge in [-0.25, -0.2) is 4.98 Å². The van der Waals surface area contributed by atoms with Crippen molar-refractivity contribution in [3.63, 3.8) is 0 Å². The minimum atomic E-state index is -0.242. The van der Waals surface area contributed by atoms with Gasteiger partial charge in [0.2, 0.25) is 0 Å². The largest absolute Gasteiger partial charge is 0.440 e. The van der Waals surface area contributed by atoms with Crippen molar-refractivity contribution in [1.82, 2.24) is 4.98 Å². The van der Waals surface area contributed by atoms with E-state index in [9.17, 15) is 0 Å². The fourth-order valence-electron chi connectivity index (χ4n) is 0.715. The van der Waals surface area contributed by atoms with Crippen LogP contribution >= 0.6 is 11.8 Å². The Kier molecular flexibility index (Phi) is 3.62. The summed E-state index contributed by atoms with van der Waals surface area (Å²) >= 11 is 1.53. The Hall–Kier alpha value is -0.480.